The Bertz CT molecular complexity index is 393. The van der Waals surface area contributed by atoms with Crippen molar-refractivity contribution in [2.24, 2.45) is 5.41 Å². The number of halogens is 1. The first-order chi connectivity index (χ1) is 7.56. The van der Waals surface area contributed by atoms with Crippen LogP contribution in [0.2, 0.25) is 0 Å². The number of hydrogen-bond acceptors (Lipinski definition) is 1. The van der Waals surface area contributed by atoms with Gasteiger partial charge in [0.1, 0.15) is 5.82 Å². The third-order valence-electron chi connectivity index (χ3n) is 3.87. The number of benzene rings is 1. The minimum atomic E-state index is -0.726. The minimum Gasteiger partial charge on any atom is -0.481 e. The van der Waals surface area contributed by atoms with E-state index in [1.165, 1.54) is 12.1 Å². The first kappa shape index (κ1) is 11.1. The Hall–Kier alpha value is -1.38. The van der Waals surface area contributed by atoms with Crippen molar-refractivity contribution < 1.29 is 14.3 Å². The molecule has 0 radical (unpaired) electrons. The third-order valence-corrected chi connectivity index (χ3v) is 3.87. The van der Waals surface area contributed by atoms with Gasteiger partial charge in [0.05, 0.1) is 5.41 Å². The quantitative estimate of drug-likeness (QED) is 0.852. The number of rotatable bonds is 3. The van der Waals surface area contributed by atoms with Crippen LogP contribution in [-0.2, 0) is 4.79 Å². The van der Waals surface area contributed by atoms with Crippen LogP contribution in [0.25, 0.3) is 0 Å². The van der Waals surface area contributed by atoms with Crippen LogP contribution in [0.3, 0.4) is 0 Å². The van der Waals surface area contributed by atoms with Crippen molar-refractivity contribution in [1.82, 2.24) is 0 Å². The predicted octanol–water partition coefficient (Wildman–Crippen LogP) is 3.18. The molecule has 1 saturated carbocycles. The summed E-state index contributed by atoms with van der Waals surface area (Å²) in [6.07, 6.45) is 2.42. The van der Waals surface area contributed by atoms with Crippen molar-refractivity contribution in [1.29, 1.82) is 0 Å². The van der Waals surface area contributed by atoms with Gasteiger partial charge >= 0.3 is 5.97 Å². The van der Waals surface area contributed by atoms with Crippen molar-refractivity contribution in [2.75, 3.05) is 0 Å². The first-order valence-corrected chi connectivity index (χ1v) is 5.55. The maximum absolute atomic E-state index is 12.8. The number of carboxylic acid groups (broad SMARTS) is 1. The topological polar surface area (TPSA) is 37.3 Å². The van der Waals surface area contributed by atoms with Crippen molar-refractivity contribution >= 4 is 5.97 Å². The van der Waals surface area contributed by atoms with Gasteiger partial charge in [0.15, 0.2) is 0 Å². The van der Waals surface area contributed by atoms with Gasteiger partial charge in [-0.25, -0.2) is 4.39 Å². The summed E-state index contributed by atoms with van der Waals surface area (Å²) in [5.74, 6) is -1.07. The van der Waals surface area contributed by atoms with Crippen LogP contribution in [0.4, 0.5) is 4.39 Å². The van der Waals surface area contributed by atoms with Crippen LogP contribution in [0.5, 0.6) is 0 Å². The highest BCUT2D eigenvalue weighted by Gasteiger charge is 2.49. The summed E-state index contributed by atoms with van der Waals surface area (Å²) in [6.45, 7) is 1.92. The van der Waals surface area contributed by atoms with E-state index in [4.69, 9.17) is 0 Å². The van der Waals surface area contributed by atoms with Gasteiger partial charge in [0, 0.05) is 0 Å². The first-order valence-electron chi connectivity index (χ1n) is 5.55. The molecule has 1 aliphatic rings. The van der Waals surface area contributed by atoms with Crippen molar-refractivity contribution in [3.05, 3.63) is 35.6 Å². The van der Waals surface area contributed by atoms with Gasteiger partial charge in [-0.05, 0) is 36.5 Å². The zero-order valence-electron chi connectivity index (χ0n) is 9.24. The molecule has 0 amide bonds. The van der Waals surface area contributed by atoms with Gasteiger partial charge in [0.25, 0.3) is 0 Å². The Morgan fingerprint density at radius 1 is 1.38 bits per heavy atom. The van der Waals surface area contributed by atoms with Gasteiger partial charge in [-0.3, -0.25) is 4.79 Å². The van der Waals surface area contributed by atoms with E-state index < -0.39 is 11.4 Å². The second-order valence-corrected chi connectivity index (χ2v) is 4.59. The Morgan fingerprint density at radius 3 is 2.31 bits per heavy atom. The molecule has 0 spiro atoms. The Balaban J connectivity index is 2.27. The van der Waals surface area contributed by atoms with Crippen LogP contribution >= 0.6 is 0 Å². The SMILES string of the molecule is CC(c1ccc(F)cc1)C1(C(=O)O)CCC1. The van der Waals surface area contributed by atoms with E-state index in [0.717, 1.165) is 24.8 Å². The molecule has 1 aliphatic carbocycles. The average Bonchev–Trinajstić information content (AvgIpc) is 2.16. The summed E-state index contributed by atoms with van der Waals surface area (Å²) >= 11 is 0. The summed E-state index contributed by atoms with van der Waals surface area (Å²) in [4.78, 5) is 11.3. The third kappa shape index (κ3) is 1.60. The smallest absolute Gasteiger partial charge is 0.310 e. The van der Waals surface area contributed by atoms with Crippen molar-refractivity contribution in [3.8, 4) is 0 Å². The second-order valence-electron chi connectivity index (χ2n) is 4.59. The normalized spacial score (nSPS) is 19.9. The minimum absolute atomic E-state index is 0.0562. The number of aliphatic carboxylic acids is 1. The van der Waals surface area contributed by atoms with E-state index >= 15 is 0 Å². The van der Waals surface area contributed by atoms with Crippen LogP contribution in [-0.4, -0.2) is 11.1 Å². The molecule has 0 saturated heterocycles. The summed E-state index contributed by atoms with van der Waals surface area (Å²) in [6, 6.07) is 6.14. The van der Waals surface area contributed by atoms with Crippen LogP contribution < -0.4 is 0 Å². The molecule has 1 N–H and O–H groups in total. The monoisotopic (exact) mass is 222 g/mol. The predicted molar refractivity (Wildman–Crippen MR) is 58.7 cm³/mol. The molecule has 0 heterocycles. The summed E-state index contributed by atoms with van der Waals surface area (Å²) in [5, 5.41) is 9.30. The summed E-state index contributed by atoms with van der Waals surface area (Å²) in [5.41, 5.74) is 0.279. The zero-order chi connectivity index (χ0) is 11.8. The fourth-order valence-corrected chi connectivity index (χ4v) is 2.46. The Labute approximate surface area is 94.1 Å². The molecule has 86 valence electrons. The average molecular weight is 222 g/mol. The molecule has 0 aromatic heterocycles. The van der Waals surface area contributed by atoms with Gasteiger partial charge in [-0.15, -0.1) is 0 Å². The molecule has 0 aliphatic heterocycles. The summed E-state index contributed by atoms with van der Waals surface area (Å²) in [7, 11) is 0. The lowest BCUT2D eigenvalue weighted by atomic mass is 9.60. The molecule has 2 nitrogen and oxygen atoms in total. The van der Waals surface area contributed by atoms with Crippen LogP contribution in [0, 0.1) is 11.2 Å². The maximum atomic E-state index is 12.8. The lowest BCUT2D eigenvalue weighted by Crippen LogP contribution is -2.42. The molecule has 1 aromatic rings. The van der Waals surface area contributed by atoms with E-state index in [2.05, 4.69) is 0 Å². The molecular formula is C13H15FO2. The van der Waals surface area contributed by atoms with E-state index in [1.54, 1.807) is 12.1 Å². The fraction of sp³-hybridized carbons (Fsp3) is 0.462. The molecule has 16 heavy (non-hydrogen) atoms. The van der Waals surface area contributed by atoms with Crippen LogP contribution in [0.1, 0.15) is 37.7 Å². The molecular weight excluding hydrogens is 207 g/mol. The Morgan fingerprint density at radius 2 is 1.94 bits per heavy atom. The zero-order valence-corrected chi connectivity index (χ0v) is 9.24. The Kier molecular flexibility index (Phi) is 2.70. The number of carbonyl (C=O) groups is 1. The fourth-order valence-electron chi connectivity index (χ4n) is 2.46. The second kappa shape index (κ2) is 3.89. The highest BCUT2D eigenvalue weighted by molar-refractivity contribution is 5.77. The molecule has 2 rings (SSSR count). The highest BCUT2D eigenvalue weighted by atomic mass is 19.1. The van der Waals surface area contributed by atoms with Gasteiger partial charge in [-0.1, -0.05) is 25.5 Å². The largest absolute Gasteiger partial charge is 0.481 e. The molecule has 1 fully saturated rings. The summed E-state index contributed by atoms with van der Waals surface area (Å²) < 4.78 is 12.8. The molecule has 1 unspecified atom stereocenters. The molecule has 1 aromatic carbocycles. The van der Waals surface area contributed by atoms with E-state index in [1.807, 2.05) is 6.92 Å². The number of carboxylic acids is 1. The maximum Gasteiger partial charge on any atom is 0.310 e. The van der Waals surface area contributed by atoms with Crippen molar-refractivity contribution in [3.63, 3.8) is 0 Å². The van der Waals surface area contributed by atoms with E-state index in [-0.39, 0.29) is 11.7 Å². The van der Waals surface area contributed by atoms with Crippen molar-refractivity contribution in [2.45, 2.75) is 32.1 Å². The molecule has 1 atom stereocenters. The molecule has 3 heteroatoms. The van der Waals surface area contributed by atoms with Crippen LogP contribution in [0.15, 0.2) is 24.3 Å². The van der Waals surface area contributed by atoms with Gasteiger partial charge < -0.3 is 5.11 Å². The highest BCUT2D eigenvalue weighted by Crippen LogP contribution is 2.51. The van der Waals surface area contributed by atoms with Gasteiger partial charge in [0.2, 0.25) is 0 Å². The molecule has 0 bridgehead atoms. The van der Waals surface area contributed by atoms with E-state index in [9.17, 15) is 14.3 Å². The van der Waals surface area contributed by atoms with E-state index in [0.29, 0.717) is 0 Å². The number of hydrogen-bond donors (Lipinski definition) is 1. The lowest BCUT2D eigenvalue weighted by Gasteiger charge is -2.42. The van der Waals surface area contributed by atoms with Gasteiger partial charge in [-0.2, -0.15) is 0 Å². The standard InChI is InChI=1S/C13H15FO2/c1-9(10-3-5-11(14)6-4-10)13(12(15)16)7-2-8-13/h3-6,9H,2,7-8H2,1H3,(H,15,16). The lowest BCUT2D eigenvalue weighted by molar-refractivity contribution is -0.156.